The Morgan fingerprint density at radius 3 is 2.52 bits per heavy atom. The fourth-order valence-corrected chi connectivity index (χ4v) is 3.53. The topological polar surface area (TPSA) is 64.4 Å². The summed E-state index contributed by atoms with van der Waals surface area (Å²) in [6.07, 6.45) is 1.83. The van der Waals surface area contributed by atoms with E-state index in [1.54, 1.807) is 7.11 Å². The predicted molar refractivity (Wildman–Crippen MR) is 105 cm³/mol. The van der Waals surface area contributed by atoms with Crippen LogP contribution in [0.5, 0.6) is 5.75 Å². The third-order valence-corrected chi connectivity index (χ3v) is 5.85. The summed E-state index contributed by atoms with van der Waals surface area (Å²) >= 11 is 0. The first kappa shape index (κ1) is 19.5. The van der Waals surface area contributed by atoms with Gasteiger partial charge in [0, 0.05) is 23.1 Å². The largest absolute Gasteiger partial charge is 0.497 e. The first-order chi connectivity index (χ1) is 12.6. The zero-order valence-electron chi connectivity index (χ0n) is 17.1. The van der Waals surface area contributed by atoms with Crippen LogP contribution in [0.3, 0.4) is 0 Å². The van der Waals surface area contributed by atoms with Gasteiger partial charge in [-0.25, -0.2) is 0 Å². The fourth-order valence-electron chi connectivity index (χ4n) is 3.53. The summed E-state index contributed by atoms with van der Waals surface area (Å²) in [4.78, 5) is 12.3. The normalized spacial score (nSPS) is 21.4. The van der Waals surface area contributed by atoms with Gasteiger partial charge in [-0.15, -0.1) is 0 Å². The number of carbonyl (C=O) groups is 1. The Morgan fingerprint density at radius 1 is 1.30 bits per heavy atom. The monoisotopic (exact) mass is 370 g/mol. The lowest BCUT2D eigenvalue weighted by molar-refractivity contribution is -0.133. The minimum absolute atomic E-state index is 0.0418. The van der Waals surface area contributed by atoms with Gasteiger partial charge in [0.1, 0.15) is 5.75 Å². The maximum absolute atomic E-state index is 12.3. The van der Waals surface area contributed by atoms with E-state index < -0.39 is 0 Å². The van der Waals surface area contributed by atoms with Crippen molar-refractivity contribution in [1.29, 1.82) is 0 Å². The SMILES string of the molecule is COc1ccc(-c2cc(C[C@@H]3C[C@H](NC(=O)C(C)(C)C)C3(C)C)no2)cc1. The Bertz CT molecular complexity index is 800. The number of benzene rings is 1. The highest BCUT2D eigenvalue weighted by Gasteiger charge is 2.49. The van der Waals surface area contributed by atoms with Crippen molar-refractivity contribution in [1.82, 2.24) is 10.5 Å². The van der Waals surface area contributed by atoms with Crippen LogP contribution in [0.25, 0.3) is 11.3 Å². The molecule has 1 aliphatic carbocycles. The maximum atomic E-state index is 12.3. The molecule has 1 aromatic carbocycles. The summed E-state index contributed by atoms with van der Waals surface area (Å²) < 4.78 is 10.7. The van der Waals surface area contributed by atoms with Crippen LogP contribution >= 0.6 is 0 Å². The van der Waals surface area contributed by atoms with Crippen LogP contribution in [0.2, 0.25) is 0 Å². The van der Waals surface area contributed by atoms with Gasteiger partial charge in [-0.2, -0.15) is 0 Å². The molecular formula is C22H30N2O3. The number of rotatable bonds is 5. The van der Waals surface area contributed by atoms with Crippen LogP contribution < -0.4 is 10.1 Å². The van der Waals surface area contributed by atoms with Crippen LogP contribution in [-0.4, -0.2) is 24.2 Å². The predicted octanol–water partition coefficient (Wildman–Crippen LogP) is 4.47. The lowest BCUT2D eigenvalue weighted by Gasteiger charge is -2.52. The van der Waals surface area contributed by atoms with Crippen molar-refractivity contribution in [3.05, 3.63) is 36.0 Å². The number of carbonyl (C=O) groups excluding carboxylic acids is 1. The second-order valence-electron chi connectivity index (χ2n) is 9.15. The van der Waals surface area contributed by atoms with Gasteiger partial charge in [0.25, 0.3) is 0 Å². The number of hydrogen-bond acceptors (Lipinski definition) is 4. The zero-order chi connectivity index (χ0) is 19.8. The molecule has 5 nitrogen and oxygen atoms in total. The van der Waals surface area contributed by atoms with Crippen molar-refractivity contribution in [2.24, 2.45) is 16.7 Å². The second-order valence-corrected chi connectivity index (χ2v) is 9.15. The molecule has 0 saturated heterocycles. The average Bonchev–Trinajstić information content (AvgIpc) is 3.08. The van der Waals surface area contributed by atoms with Crippen LogP contribution in [0.1, 0.15) is 46.7 Å². The van der Waals surface area contributed by atoms with Crippen LogP contribution in [0, 0.1) is 16.7 Å². The van der Waals surface area contributed by atoms with Gasteiger partial charge in [-0.05, 0) is 48.4 Å². The summed E-state index contributed by atoms with van der Waals surface area (Å²) in [6.45, 7) is 10.3. The van der Waals surface area contributed by atoms with E-state index in [9.17, 15) is 4.79 Å². The molecule has 2 aromatic rings. The van der Waals surface area contributed by atoms with E-state index in [0.29, 0.717) is 5.92 Å². The number of nitrogens with one attached hydrogen (secondary N) is 1. The third kappa shape index (κ3) is 4.02. The standard InChI is InChI=1S/C22H30N2O3/c1-21(2,3)20(25)23-19-12-15(22(19,4)5)11-16-13-18(27-24-16)14-7-9-17(26-6)10-8-14/h7-10,13,15,19H,11-12H2,1-6H3,(H,23,25)/t15-,19+/m1/s1. The number of nitrogens with zero attached hydrogens (tertiary/aromatic N) is 1. The van der Waals surface area contributed by atoms with Gasteiger partial charge < -0.3 is 14.6 Å². The molecule has 0 unspecified atom stereocenters. The van der Waals surface area contributed by atoms with E-state index in [-0.39, 0.29) is 22.8 Å². The molecule has 0 spiro atoms. The van der Waals surface area contributed by atoms with Gasteiger partial charge in [0.15, 0.2) is 5.76 Å². The molecule has 1 N–H and O–H groups in total. The molecule has 1 heterocycles. The van der Waals surface area contributed by atoms with Crippen molar-refractivity contribution in [2.45, 2.75) is 53.5 Å². The average molecular weight is 370 g/mol. The molecule has 1 aromatic heterocycles. The molecule has 0 radical (unpaired) electrons. The molecule has 2 atom stereocenters. The van der Waals surface area contributed by atoms with Crippen molar-refractivity contribution in [3.8, 4) is 17.1 Å². The summed E-state index contributed by atoms with van der Waals surface area (Å²) in [7, 11) is 1.65. The molecular weight excluding hydrogens is 340 g/mol. The molecule has 3 rings (SSSR count). The first-order valence-electron chi connectivity index (χ1n) is 9.52. The van der Waals surface area contributed by atoms with E-state index in [0.717, 1.165) is 35.6 Å². The van der Waals surface area contributed by atoms with Crippen LogP contribution in [0.4, 0.5) is 0 Å². The van der Waals surface area contributed by atoms with E-state index >= 15 is 0 Å². The number of hydrogen-bond donors (Lipinski definition) is 1. The van der Waals surface area contributed by atoms with Crippen molar-refractivity contribution >= 4 is 5.91 Å². The molecule has 1 fully saturated rings. The van der Waals surface area contributed by atoms with E-state index in [1.165, 1.54) is 0 Å². The van der Waals surface area contributed by atoms with Gasteiger partial charge in [0.2, 0.25) is 5.91 Å². The summed E-state index contributed by atoms with van der Waals surface area (Å²) in [5.41, 5.74) is 1.62. The Morgan fingerprint density at radius 2 is 1.96 bits per heavy atom. The summed E-state index contributed by atoms with van der Waals surface area (Å²) in [6, 6.07) is 9.98. The third-order valence-electron chi connectivity index (χ3n) is 5.85. The molecule has 146 valence electrons. The van der Waals surface area contributed by atoms with E-state index in [1.807, 2.05) is 51.1 Å². The second kappa shape index (κ2) is 7.02. The lowest BCUT2D eigenvalue weighted by atomic mass is 9.57. The molecule has 5 heteroatoms. The maximum Gasteiger partial charge on any atom is 0.225 e. The highest BCUT2D eigenvalue weighted by Crippen LogP contribution is 2.48. The smallest absolute Gasteiger partial charge is 0.225 e. The summed E-state index contributed by atoms with van der Waals surface area (Å²) in [5.74, 6) is 2.17. The molecule has 1 aliphatic rings. The zero-order valence-corrected chi connectivity index (χ0v) is 17.1. The van der Waals surface area contributed by atoms with Crippen molar-refractivity contribution in [3.63, 3.8) is 0 Å². The Balaban J connectivity index is 1.62. The Hall–Kier alpha value is -2.30. The Kier molecular flexibility index (Phi) is 5.06. The molecule has 1 amide bonds. The van der Waals surface area contributed by atoms with E-state index in [4.69, 9.17) is 9.26 Å². The number of aromatic nitrogens is 1. The minimum atomic E-state index is -0.361. The summed E-state index contributed by atoms with van der Waals surface area (Å²) in [5, 5.41) is 7.46. The number of ether oxygens (including phenoxy) is 1. The van der Waals surface area contributed by atoms with Crippen molar-refractivity contribution in [2.75, 3.05) is 7.11 Å². The quantitative estimate of drug-likeness (QED) is 0.843. The molecule has 0 bridgehead atoms. The number of methoxy groups -OCH3 is 1. The van der Waals surface area contributed by atoms with Crippen LogP contribution in [0.15, 0.2) is 34.9 Å². The Labute approximate surface area is 161 Å². The lowest BCUT2D eigenvalue weighted by Crippen LogP contribution is -2.60. The van der Waals surface area contributed by atoms with Gasteiger partial charge in [-0.1, -0.05) is 39.8 Å². The first-order valence-corrected chi connectivity index (χ1v) is 9.52. The minimum Gasteiger partial charge on any atom is -0.497 e. The van der Waals surface area contributed by atoms with Crippen LogP contribution in [-0.2, 0) is 11.2 Å². The van der Waals surface area contributed by atoms with Gasteiger partial charge in [-0.3, -0.25) is 4.79 Å². The highest BCUT2D eigenvalue weighted by molar-refractivity contribution is 5.81. The highest BCUT2D eigenvalue weighted by atomic mass is 16.5. The molecule has 1 saturated carbocycles. The molecule has 0 aliphatic heterocycles. The van der Waals surface area contributed by atoms with Crippen molar-refractivity contribution < 1.29 is 14.1 Å². The molecule has 27 heavy (non-hydrogen) atoms. The van der Waals surface area contributed by atoms with Gasteiger partial charge >= 0.3 is 0 Å². The number of amides is 1. The van der Waals surface area contributed by atoms with Gasteiger partial charge in [0.05, 0.1) is 12.8 Å². The fraction of sp³-hybridized carbons (Fsp3) is 0.545. The van der Waals surface area contributed by atoms with E-state index in [2.05, 4.69) is 24.3 Å².